The van der Waals surface area contributed by atoms with Crippen molar-refractivity contribution in [3.8, 4) is 0 Å². The second kappa shape index (κ2) is 10.1. The predicted molar refractivity (Wildman–Crippen MR) is 112 cm³/mol. The standard InChI is InChI=1S/C17H21F3N4S.HI/c1-3-11-6-5-7-12(4-2)15(11)24-16(21)22-9-8-14-23-13(10-25-14)17(18,19)20;/h5-7,10H,3-4,8-9H2,1-2H3,(H3,21,22,24);1H. The number of alkyl halides is 3. The van der Waals surface area contributed by atoms with Gasteiger partial charge in [0.25, 0.3) is 0 Å². The van der Waals surface area contributed by atoms with Crippen LogP contribution in [-0.4, -0.2) is 17.5 Å². The molecule has 0 saturated carbocycles. The van der Waals surface area contributed by atoms with Gasteiger partial charge in [0, 0.05) is 24.0 Å². The monoisotopic (exact) mass is 498 g/mol. The Balaban J connectivity index is 0.00000338. The molecule has 144 valence electrons. The topological polar surface area (TPSA) is 63.3 Å². The number of guanidine groups is 1. The van der Waals surface area contributed by atoms with Gasteiger partial charge in [-0.25, -0.2) is 4.98 Å². The van der Waals surface area contributed by atoms with E-state index in [4.69, 9.17) is 5.73 Å². The molecule has 0 spiro atoms. The Kier molecular flexibility index (Phi) is 8.81. The second-order valence-corrected chi connectivity index (χ2v) is 6.37. The lowest BCUT2D eigenvalue weighted by Gasteiger charge is -2.14. The van der Waals surface area contributed by atoms with E-state index in [1.807, 2.05) is 18.2 Å². The average Bonchev–Trinajstić information content (AvgIpc) is 3.04. The molecule has 0 aliphatic rings. The summed E-state index contributed by atoms with van der Waals surface area (Å²) in [4.78, 5) is 7.79. The van der Waals surface area contributed by atoms with E-state index in [0.29, 0.717) is 11.4 Å². The molecule has 2 rings (SSSR count). The number of halogens is 4. The average molecular weight is 498 g/mol. The zero-order valence-corrected chi connectivity index (χ0v) is 17.7. The third kappa shape index (κ3) is 6.11. The van der Waals surface area contributed by atoms with Crippen molar-refractivity contribution in [1.82, 2.24) is 4.98 Å². The van der Waals surface area contributed by atoms with Crippen LogP contribution in [0.15, 0.2) is 28.6 Å². The van der Waals surface area contributed by atoms with Crippen molar-refractivity contribution in [2.45, 2.75) is 39.3 Å². The highest BCUT2D eigenvalue weighted by atomic mass is 127. The summed E-state index contributed by atoms with van der Waals surface area (Å²) < 4.78 is 37.6. The van der Waals surface area contributed by atoms with E-state index < -0.39 is 11.9 Å². The van der Waals surface area contributed by atoms with Crippen molar-refractivity contribution in [1.29, 1.82) is 0 Å². The molecule has 0 aliphatic heterocycles. The van der Waals surface area contributed by atoms with Crippen LogP contribution in [0.3, 0.4) is 0 Å². The number of nitrogens with one attached hydrogen (secondary N) is 1. The van der Waals surface area contributed by atoms with Gasteiger partial charge in [-0.3, -0.25) is 4.99 Å². The summed E-state index contributed by atoms with van der Waals surface area (Å²) in [5.41, 5.74) is 8.33. The minimum absolute atomic E-state index is 0. The summed E-state index contributed by atoms with van der Waals surface area (Å²) in [6.45, 7) is 4.40. The maximum absolute atomic E-state index is 12.5. The van der Waals surface area contributed by atoms with Crippen molar-refractivity contribution >= 4 is 47.0 Å². The molecule has 0 aliphatic carbocycles. The Morgan fingerprint density at radius 3 is 2.35 bits per heavy atom. The normalized spacial score (nSPS) is 12.0. The molecule has 0 unspecified atom stereocenters. The number of aliphatic imine (C=N–C) groups is 1. The van der Waals surface area contributed by atoms with E-state index in [0.717, 1.165) is 46.4 Å². The van der Waals surface area contributed by atoms with Gasteiger partial charge in [0.05, 0.1) is 5.01 Å². The van der Waals surface area contributed by atoms with Gasteiger partial charge in [-0.1, -0.05) is 32.0 Å². The molecule has 26 heavy (non-hydrogen) atoms. The predicted octanol–water partition coefficient (Wildman–Crippen LogP) is 4.87. The van der Waals surface area contributed by atoms with E-state index in [9.17, 15) is 13.2 Å². The van der Waals surface area contributed by atoms with E-state index in [1.165, 1.54) is 0 Å². The molecule has 0 atom stereocenters. The Hall–Kier alpha value is -1.36. The molecule has 1 heterocycles. The summed E-state index contributed by atoms with van der Waals surface area (Å²) in [6, 6.07) is 6.07. The first-order valence-electron chi connectivity index (χ1n) is 8.04. The van der Waals surface area contributed by atoms with Gasteiger partial charge in [-0.2, -0.15) is 13.2 Å². The van der Waals surface area contributed by atoms with Crippen molar-refractivity contribution in [3.63, 3.8) is 0 Å². The van der Waals surface area contributed by atoms with Crippen molar-refractivity contribution in [2.24, 2.45) is 10.7 Å². The third-order valence-electron chi connectivity index (χ3n) is 3.70. The minimum Gasteiger partial charge on any atom is -0.370 e. The van der Waals surface area contributed by atoms with E-state index in [1.54, 1.807) is 0 Å². The van der Waals surface area contributed by atoms with Crippen LogP contribution in [0, 0.1) is 0 Å². The number of nitrogens with two attached hydrogens (primary N) is 1. The summed E-state index contributed by atoms with van der Waals surface area (Å²) >= 11 is 0.983. The smallest absolute Gasteiger partial charge is 0.370 e. The summed E-state index contributed by atoms with van der Waals surface area (Å²) in [7, 11) is 0. The van der Waals surface area contributed by atoms with Crippen molar-refractivity contribution in [2.75, 3.05) is 11.9 Å². The van der Waals surface area contributed by atoms with Crippen molar-refractivity contribution < 1.29 is 13.2 Å². The number of hydrogen-bond acceptors (Lipinski definition) is 3. The number of anilines is 1. The fraction of sp³-hybridized carbons (Fsp3) is 0.412. The number of nitrogens with zero attached hydrogens (tertiary/aromatic N) is 2. The highest BCUT2D eigenvalue weighted by Gasteiger charge is 2.33. The molecule has 9 heteroatoms. The van der Waals surface area contributed by atoms with Gasteiger partial charge in [-0.05, 0) is 24.0 Å². The van der Waals surface area contributed by atoms with E-state index in [-0.39, 0.29) is 36.5 Å². The van der Waals surface area contributed by atoms with Crippen LogP contribution in [0.5, 0.6) is 0 Å². The number of benzene rings is 1. The Bertz CT molecular complexity index is 722. The van der Waals surface area contributed by atoms with Gasteiger partial charge >= 0.3 is 6.18 Å². The fourth-order valence-electron chi connectivity index (χ4n) is 2.40. The highest BCUT2D eigenvalue weighted by Crippen LogP contribution is 2.30. The lowest BCUT2D eigenvalue weighted by atomic mass is 10.0. The molecule has 0 radical (unpaired) electrons. The quantitative estimate of drug-likeness (QED) is 0.339. The van der Waals surface area contributed by atoms with Gasteiger partial charge in [-0.15, -0.1) is 35.3 Å². The summed E-state index contributed by atoms with van der Waals surface area (Å²) in [5.74, 6) is 0.253. The molecular weight excluding hydrogens is 476 g/mol. The number of aryl methyl sites for hydroxylation is 2. The maximum Gasteiger partial charge on any atom is 0.434 e. The van der Waals surface area contributed by atoms with Gasteiger partial charge in [0.15, 0.2) is 11.7 Å². The lowest BCUT2D eigenvalue weighted by molar-refractivity contribution is -0.140. The van der Waals surface area contributed by atoms with Crippen LogP contribution < -0.4 is 11.1 Å². The zero-order valence-electron chi connectivity index (χ0n) is 14.6. The number of thiazole rings is 1. The van der Waals surface area contributed by atoms with Crippen LogP contribution in [0.25, 0.3) is 0 Å². The minimum atomic E-state index is -4.40. The molecule has 1 aromatic carbocycles. The van der Waals surface area contributed by atoms with Gasteiger partial charge in [0.2, 0.25) is 0 Å². The number of aromatic nitrogens is 1. The maximum atomic E-state index is 12.5. The molecule has 0 bridgehead atoms. The molecule has 4 nitrogen and oxygen atoms in total. The Morgan fingerprint density at radius 1 is 1.23 bits per heavy atom. The lowest BCUT2D eigenvalue weighted by Crippen LogP contribution is -2.24. The molecule has 0 saturated heterocycles. The number of rotatable bonds is 6. The molecule has 1 aromatic heterocycles. The Morgan fingerprint density at radius 2 is 1.85 bits per heavy atom. The fourth-order valence-corrected chi connectivity index (χ4v) is 3.19. The van der Waals surface area contributed by atoms with Gasteiger partial charge < -0.3 is 11.1 Å². The number of para-hydroxylation sites is 1. The van der Waals surface area contributed by atoms with Gasteiger partial charge in [0.1, 0.15) is 0 Å². The van der Waals surface area contributed by atoms with E-state index in [2.05, 4.69) is 29.1 Å². The summed E-state index contributed by atoms with van der Waals surface area (Å²) in [6.07, 6.45) is -2.36. The summed E-state index contributed by atoms with van der Waals surface area (Å²) in [5, 5.41) is 4.54. The van der Waals surface area contributed by atoms with Crippen LogP contribution in [0.4, 0.5) is 18.9 Å². The van der Waals surface area contributed by atoms with Crippen LogP contribution in [-0.2, 0) is 25.4 Å². The number of hydrogen-bond donors (Lipinski definition) is 2. The molecule has 3 N–H and O–H groups in total. The highest BCUT2D eigenvalue weighted by molar-refractivity contribution is 14.0. The largest absolute Gasteiger partial charge is 0.434 e. The van der Waals surface area contributed by atoms with Crippen LogP contribution >= 0.6 is 35.3 Å². The molecule has 2 aromatic rings. The first kappa shape index (κ1) is 22.7. The van der Waals surface area contributed by atoms with Crippen LogP contribution in [0.1, 0.15) is 35.7 Å². The molecule has 0 fully saturated rings. The molecular formula is C17H22F3IN4S. The molecule has 0 amide bonds. The third-order valence-corrected chi connectivity index (χ3v) is 4.61. The first-order valence-corrected chi connectivity index (χ1v) is 8.92. The SMILES string of the molecule is CCc1cccc(CC)c1NC(N)=NCCc1nc(C(F)(F)F)cs1.I. The zero-order chi connectivity index (χ0) is 18.4. The Labute approximate surface area is 172 Å². The second-order valence-electron chi connectivity index (χ2n) is 5.42. The van der Waals surface area contributed by atoms with Crippen LogP contribution in [0.2, 0.25) is 0 Å². The van der Waals surface area contributed by atoms with E-state index >= 15 is 0 Å². The first-order chi connectivity index (χ1) is 11.8. The van der Waals surface area contributed by atoms with Crippen molar-refractivity contribution in [3.05, 3.63) is 45.4 Å².